The van der Waals surface area contributed by atoms with Crippen LogP contribution in [0.1, 0.15) is 68.2 Å². The van der Waals surface area contributed by atoms with Crippen LogP contribution in [-0.2, 0) is 4.43 Å². The molecule has 0 aromatic rings. The molecule has 170 valence electrons. The molecular weight excluding hydrogens is 372 g/mol. The molecule has 2 nitrogen and oxygen atoms in total. The van der Waals surface area contributed by atoms with Gasteiger partial charge in [0.1, 0.15) is 0 Å². The van der Waals surface area contributed by atoms with Crippen molar-refractivity contribution in [3.63, 3.8) is 0 Å². The lowest BCUT2D eigenvalue weighted by atomic mass is 9.78. The van der Waals surface area contributed by atoms with Crippen molar-refractivity contribution in [1.29, 1.82) is 0 Å². The zero-order valence-electron chi connectivity index (χ0n) is 21.0. The molecule has 6 atom stereocenters. The van der Waals surface area contributed by atoms with Gasteiger partial charge in [-0.1, -0.05) is 79.7 Å². The smallest absolute Gasteiger partial charge is 0.192 e. The molecule has 3 heteroatoms. The van der Waals surface area contributed by atoms with Crippen LogP contribution in [0.15, 0.2) is 24.3 Å². The van der Waals surface area contributed by atoms with Gasteiger partial charge in [-0.3, -0.25) is 0 Å². The zero-order chi connectivity index (χ0) is 22.4. The standard InChI is InChI=1S/C17H34OSi.C9H16O/c1-13(2)17(5,6)19(7,8)18-12-16-11-9-10-14(3)15(16)4;1-7-4-3-5-9(6-10)8(7)2/h9-10,13-16H,11-12H2,1-8H3;3-4,7-10H,5-6H2,1-2H3. The summed E-state index contributed by atoms with van der Waals surface area (Å²) >= 11 is 0. The lowest BCUT2D eigenvalue weighted by molar-refractivity contribution is 0.157. The van der Waals surface area contributed by atoms with Gasteiger partial charge in [-0.15, -0.1) is 0 Å². The monoisotopic (exact) mass is 422 g/mol. The first kappa shape index (κ1) is 26.7. The molecule has 0 saturated carbocycles. The van der Waals surface area contributed by atoms with Crippen molar-refractivity contribution in [2.24, 2.45) is 41.4 Å². The van der Waals surface area contributed by atoms with E-state index >= 15 is 0 Å². The highest BCUT2D eigenvalue weighted by atomic mass is 28.4. The van der Waals surface area contributed by atoms with E-state index < -0.39 is 8.32 Å². The van der Waals surface area contributed by atoms with Crippen LogP contribution in [0.5, 0.6) is 0 Å². The summed E-state index contributed by atoms with van der Waals surface area (Å²) in [5.74, 6) is 4.62. The quantitative estimate of drug-likeness (QED) is 0.359. The largest absolute Gasteiger partial charge is 0.417 e. The fourth-order valence-corrected chi connectivity index (χ4v) is 6.62. The highest BCUT2D eigenvalue weighted by Crippen LogP contribution is 2.45. The number of hydrogen-bond acceptors (Lipinski definition) is 2. The second kappa shape index (κ2) is 11.3. The Labute approximate surface area is 183 Å². The lowest BCUT2D eigenvalue weighted by Crippen LogP contribution is -2.46. The van der Waals surface area contributed by atoms with Crippen molar-refractivity contribution >= 4 is 8.32 Å². The van der Waals surface area contributed by atoms with E-state index in [9.17, 15) is 0 Å². The number of hydrogen-bond donors (Lipinski definition) is 1. The average molecular weight is 423 g/mol. The topological polar surface area (TPSA) is 29.5 Å². The first-order chi connectivity index (χ1) is 13.3. The van der Waals surface area contributed by atoms with Gasteiger partial charge in [-0.05, 0) is 72.4 Å². The number of allylic oxidation sites excluding steroid dienone is 4. The Balaban J connectivity index is 0.000000352. The molecule has 29 heavy (non-hydrogen) atoms. The summed E-state index contributed by atoms with van der Waals surface area (Å²) in [6.45, 7) is 24.6. The molecule has 2 aliphatic carbocycles. The first-order valence-corrected chi connectivity index (χ1v) is 14.8. The third-order valence-electron chi connectivity index (χ3n) is 8.79. The van der Waals surface area contributed by atoms with E-state index in [1.54, 1.807) is 0 Å². The Morgan fingerprint density at radius 1 is 0.931 bits per heavy atom. The summed E-state index contributed by atoms with van der Waals surface area (Å²) in [6.07, 6.45) is 11.4. The maximum atomic E-state index is 8.95. The predicted molar refractivity (Wildman–Crippen MR) is 131 cm³/mol. The number of aliphatic hydroxyl groups excluding tert-OH is 1. The summed E-state index contributed by atoms with van der Waals surface area (Å²) in [7, 11) is -1.65. The molecule has 0 aromatic carbocycles. The molecule has 1 N–H and O–H groups in total. The van der Waals surface area contributed by atoms with Gasteiger partial charge in [-0.25, -0.2) is 0 Å². The second-order valence-electron chi connectivity index (χ2n) is 11.2. The first-order valence-electron chi connectivity index (χ1n) is 11.9. The van der Waals surface area contributed by atoms with E-state index in [2.05, 4.69) is 92.8 Å². The summed E-state index contributed by atoms with van der Waals surface area (Å²) in [5.41, 5.74) is 0. The summed E-state index contributed by atoms with van der Waals surface area (Å²) in [6, 6.07) is 0. The molecule has 0 spiro atoms. The molecule has 2 aliphatic rings. The molecule has 0 aliphatic heterocycles. The summed E-state index contributed by atoms with van der Waals surface area (Å²) in [5, 5.41) is 9.27. The highest BCUT2D eigenvalue weighted by Gasteiger charge is 2.43. The van der Waals surface area contributed by atoms with Gasteiger partial charge in [0.2, 0.25) is 0 Å². The molecule has 0 aromatic heterocycles. The average Bonchev–Trinajstić information content (AvgIpc) is 2.65. The Hall–Kier alpha value is -0.383. The third kappa shape index (κ3) is 7.07. The maximum Gasteiger partial charge on any atom is 0.192 e. The fraction of sp³-hybridized carbons (Fsp3) is 0.846. The molecule has 0 bridgehead atoms. The van der Waals surface area contributed by atoms with Crippen LogP contribution in [0, 0.1) is 41.4 Å². The molecule has 0 saturated heterocycles. The van der Waals surface area contributed by atoms with E-state index in [1.165, 1.54) is 6.42 Å². The van der Waals surface area contributed by atoms with Crippen molar-refractivity contribution in [2.75, 3.05) is 13.2 Å². The van der Waals surface area contributed by atoms with E-state index in [0.717, 1.165) is 18.9 Å². The Bertz CT molecular complexity index is 535. The molecule has 0 amide bonds. The van der Waals surface area contributed by atoms with Crippen molar-refractivity contribution < 1.29 is 9.53 Å². The summed E-state index contributed by atoms with van der Waals surface area (Å²) < 4.78 is 6.52. The van der Waals surface area contributed by atoms with Crippen LogP contribution in [0.3, 0.4) is 0 Å². The van der Waals surface area contributed by atoms with Gasteiger partial charge in [-0.2, -0.15) is 0 Å². The van der Waals surface area contributed by atoms with Gasteiger partial charge in [0.25, 0.3) is 0 Å². The number of aliphatic hydroxyl groups is 1. The molecule has 0 fully saturated rings. The van der Waals surface area contributed by atoms with Crippen LogP contribution in [-0.4, -0.2) is 26.6 Å². The van der Waals surface area contributed by atoms with Gasteiger partial charge >= 0.3 is 0 Å². The van der Waals surface area contributed by atoms with Crippen LogP contribution >= 0.6 is 0 Å². The van der Waals surface area contributed by atoms with Crippen molar-refractivity contribution in [3.8, 4) is 0 Å². The van der Waals surface area contributed by atoms with E-state index in [4.69, 9.17) is 9.53 Å². The number of rotatable bonds is 6. The molecule has 6 unspecified atom stereocenters. The van der Waals surface area contributed by atoms with Gasteiger partial charge < -0.3 is 9.53 Å². The predicted octanol–water partition coefficient (Wildman–Crippen LogP) is 7.32. The molecular formula is C26H50O2Si. The van der Waals surface area contributed by atoms with E-state index in [1.807, 2.05) is 0 Å². The molecule has 0 radical (unpaired) electrons. The molecule has 2 rings (SSSR count). The minimum absolute atomic E-state index is 0.326. The van der Waals surface area contributed by atoms with Crippen LogP contribution in [0.25, 0.3) is 0 Å². The minimum Gasteiger partial charge on any atom is -0.417 e. The van der Waals surface area contributed by atoms with Gasteiger partial charge in [0.05, 0.1) is 0 Å². The summed E-state index contributed by atoms with van der Waals surface area (Å²) in [4.78, 5) is 0. The normalized spacial score (nSPS) is 32.8. The fourth-order valence-electron chi connectivity index (χ4n) is 4.23. The second-order valence-corrected chi connectivity index (χ2v) is 15.8. The van der Waals surface area contributed by atoms with Crippen molar-refractivity contribution in [3.05, 3.63) is 24.3 Å². The Kier molecular flexibility index (Phi) is 10.4. The molecule has 0 heterocycles. The van der Waals surface area contributed by atoms with Crippen molar-refractivity contribution in [2.45, 2.75) is 86.4 Å². The minimum atomic E-state index is -1.65. The third-order valence-corrected chi connectivity index (χ3v) is 13.4. The maximum absolute atomic E-state index is 8.95. The van der Waals surface area contributed by atoms with E-state index in [-0.39, 0.29) is 0 Å². The van der Waals surface area contributed by atoms with Gasteiger partial charge in [0.15, 0.2) is 8.32 Å². The highest BCUT2D eigenvalue weighted by molar-refractivity contribution is 6.74. The Morgan fingerprint density at radius 3 is 1.79 bits per heavy atom. The van der Waals surface area contributed by atoms with Crippen LogP contribution in [0.2, 0.25) is 18.1 Å². The van der Waals surface area contributed by atoms with Crippen LogP contribution < -0.4 is 0 Å². The van der Waals surface area contributed by atoms with E-state index in [0.29, 0.717) is 47.2 Å². The zero-order valence-corrected chi connectivity index (χ0v) is 22.0. The van der Waals surface area contributed by atoms with Crippen molar-refractivity contribution in [1.82, 2.24) is 0 Å². The van der Waals surface area contributed by atoms with Gasteiger partial charge in [0, 0.05) is 13.2 Å². The lowest BCUT2D eigenvalue weighted by Gasteiger charge is -2.44. The SMILES string of the molecule is CC1C=CCC(CO)C1C.CC1C=CCC(CO[Si](C)(C)C(C)(C)C(C)C)C1C. The van der Waals surface area contributed by atoms with Crippen LogP contribution in [0.4, 0.5) is 0 Å². The Morgan fingerprint density at radius 2 is 1.38 bits per heavy atom.